The van der Waals surface area contributed by atoms with E-state index in [1.54, 1.807) is 7.05 Å². The maximum Gasteiger partial charge on any atom is 0.223 e. The number of hydrogen-bond donors (Lipinski definition) is 3. The van der Waals surface area contributed by atoms with Crippen molar-refractivity contribution < 1.29 is 4.79 Å². The summed E-state index contributed by atoms with van der Waals surface area (Å²) in [7, 11) is 1.76. The van der Waals surface area contributed by atoms with Gasteiger partial charge in [-0.15, -0.1) is 11.8 Å². The molecule has 0 aromatic heterocycles. The van der Waals surface area contributed by atoms with Crippen LogP contribution in [0.2, 0.25) is 0 Å². The Bertz CT molecular complexity index is 600. The third kappa shape index (κ3) is 7.69. The predicted molar refractivity (Wildman–Crippen MR) is 109 cm³/mol. The number of guanidine groups is 1. The van der Waals surface area contributed by atoms with Crippen LogP contribution in [0, 0.1) is 5.92 Å². The second kappa shape index (κ2) is 9.48. The average molecular weight is 427 g/mol. The zero-order chi connectivity index (χ0) is 18.3. The molecule has 0 aliphatic heterocycles. The first-order chi connectivity index (χ1) is 11.9. The lowest BCUT2D eigenvalue weighted by Gasteiger charge is -2.25. The molecule has 138 valence electrons. The van der Waals surface area contributed by atoms with Crippen LogP contribution in [0.15, 0.2) is 38.6 Å². The van der Waals surface area contributed by atoms with E-state index in [2.05, 4.69) is 75.0 Å². The van der Waals surface area contributed by atoms with Gasteiger partial charge in [0, 0.05) is 46.7 Å². The number of aliphatic imine (C=N–C) groups is 1. The highest BCUT2D eigenvalue weighted by atomic mass is 79.9. The number of rotatable bonds is 8. The Kier molecular flexibility index (Phi) is 7.62. The molecule has 3 N–H and O–H groups in total. The predicted octanol–water partition coefficient (Wildman–Crippen LogP) is 3.01. The van der Waals surface area contributed by atoms with Crippen LogP contribution in [0.25, 0.3) is 0 Å². The molecule has 1 saturated carbocycles. The molecule has 1 fully saturated rings. The number of nitrogens with zero attached hydrogens (tertiary/aromatic N) is 1. The minimum atomic E-state index is 0.0195. The minimum absolute atomic E-state index is 0.0195. The Balaban J connectivity index is 1.69. The molecule has 5 nitrogen and oxygen atoms in total. The van der Waals surface area contributed by atoms with E-state index < -0.39 is 0 Å². The highest BCUT2D eigenvalue weighted by molar-refractivity contribution is 9.10. The Morgan fingerprint density at radius 1 is 1.20 bits per heavy atom. The summed E-state index contributed by atoms with van der Waals surface area (Å²) in [5.41, 5.74) is 0. The third-order valence-corrected chi connectivity index (χ3v) is 5.51. The molecular formula is C18H27BrN4OS. The molecule has 0 radical (unpaired) electrons. The van der Waals surface area contributed by atoms with Gasteiger partial charge in [-0.05, 0) is 51.0 Å². The van der Waals surface area contributed by atoms with Crippen molar-refractivity contribution in [3.05, 3.63) is 28.7 Å². The second-order valence-corrected chi connectivity index (χ2v) is 9.43. The van der Waals surface area contributed by atoms with Gasteiger partial charge in [0.2, 0.25) is 5.91 Å². The van der Waals surface area contributed by atoms with Crippen molar-refractivity contribution >= 4 is 39.6 Å². The topological polar surface area (TPSA) is 65.5 Å². The number of hydrogen-bond acceptors (Lipinski definition) is 3. The van der Waals surface area contributed by atoms with Gasteiger partial charge in [-0.2, -0.15) is 0 Å². The molecule has 1 amide bonds. The zero-order valence-corrected chi connectivity index (χ0v) is 17.5. The van der Waals surface area contributed by atoms with Crippen LogP contribution >= 0.6 is 27.7 Å². The van der Waals surface area contributed by atoms with Crippen molar-refractivity contribution in [2.75, 3.05) is 26.7 Å². The van der Waals surface area contributed by atoms with Crippen LogP contribution in [0.4, 0.5) is 0 Å². The fourth-order valence-corrected chi connectivity index (χ4v) is 3.55. The number of carbonyl (C=O) groups excluding carboxylic acids is 1. The highest BCUT2D eigenvalue weighted by Crippen LogP contribution is 2.32. The molecule has 0 bridgehead atoms. The molecule has 2 rings (SSSR count). The standard InChI is InChI=1S/C18H27BrN4OS/c1-18(2,25-15-8-6-14(19)7-9-15)12-23-17(20-3)22-11-10-21-16(24)13-4-5-13/h6-9,13H,4-5,10-12H2,1-3H3,(H,21,24)(H2,20,22,23). The first-order valence-electron chi connectivity index (χ1n) is 8.56. The monoisotopic (exact) mass is 426 g/mol. The molecule has 1 aromatic carbocycles. The lowest BCUT2D eigenvalue weighted by Crippen LogP contribution is -2.45. The molecule has 25 heavy (non-hydrogen) atoms. The fourth-order valence-electron chi connectivity index (χ4n) is 2.23. The maximum atomic E-state index is 11.6. The van der Waals surface area contributed by atoms with Gasteiger partial charge >= 0.3 is 0 Å². The van der Waals surface area contributed by atoms with Crippen LogP contribution < -0.4 is 16.0 Å². The number of amides is 1. The van der Waals surface area contributed by atoms with Crippen LogP contribution in [-0.4, -0.2) is 43.3 Å². The minimum Gasteiger partial charge on any atom is -0.355 e. The van der Waals surface area contributed by atoms with Gasteiger partial charge in [0.1, 0.15) is 0 Å². The molecular weight excluding hydrogens is 400 g/mol. The van der Waals surface area contributed by atoms with Crippen molar-refractivity contribution in [1.29, 1.82) is 0 Å². The largest absolute Gasteiger partial charge is 0.355 e. The van der Waals surface area contributed by atoms with E-state index in [0.29, 0.717) is 13.1 Å². The van der Waals surface area contributed by atoms with Gasteiger partial charge in [-0.1, -0.05) is 15.9 Å². The summed E-state index contributed by atoms with van der Waals surface area (Å²) >= 11 is 5.29. The van der Waals surface area contributed by atoms with Crippen molar-refractivity contribution in [3.63, 3.8) is 0 Å². The van der Waals surface area contributed by atoms with Gasteiger partial charge < -0.3 is 16.0 Å². The van der Waals surface area contributed by atoms with Crippen LogP contribution in [0.3, 0.4) is 0 Å². The van der Waals surface area contributed by atoms with E-state index in [9.17, 15) is 4.79 Å². The lowest BCUT2D eigenvalue weighted by molar-refractivity contribution is -0.122. The molecule has 0 unspecified atom stereocenters. The number of halogens is 1. The van der Waals surface area contributed by atoms with Gasteiger partial charge in [0.05, 0.1) is 0 Å². The number of thioether (sulfide) groups is 1. The third-order valence-electron chi connectivity index (χ3n) is 3.78. The van der Waals surface area contributed by atoms with Crippen molar-refractivity contribution in [1.82, 2.24) is 16.0 Å². The summed E-state index contributed by atoms with van der Waals surface area (Å²) in [6.45, 7) is 6.47. The zero-order valence-electron chi connectivity index (χ0n) is 15.1. The Hall–Kier alpha value is -1.21. The molecule has 7 heteroatoms. The fraction of sp³-hybridized carbons (Fsp3) is 0.556. The normalized spacial score (nSPS) is 15.0. The Morgan fingerprint density at radius 2 is 1.84 bits per heavy atom. The molecule has 1 aliphatic rings. The number of carbonyl (C=O) groups is 1. The van der Waals surface area contributed by atoms with Crippen LogP contribution in [-0.2, 0) is 4.79 Å². The molecule has 0 spiro atoms. The van der Waals surface area contributed by atoms with E-state index in [-0.39, 0.29) is 16.6 Å². The van der Waals surface area contributed by atoms with E-state index in [1.807, 2.05) is 11.8 Å². The maximum absolute atomic E-state index is 11.6. The van der Waals surface area contributed by atoms with E-state index in [0.717, 1.165) is 29.8 Å². The van der Waals surface area contributed by atoms with E-state index in [1.165, 1.54) is 4.90 Å². The quantitative estimate of drug-likeness (QED) is 0.258. The summed E-state index contributed by atoms with van der Waals surface area (Å²) in [6.07, 6.45) is 2.07. The lowest BCUT2D eigenvalue weighted by atomic mass is 10.2. The van der Waals surface area contributed by atoms with Gasteiger partial charge in [-0.25, -0.2) is 0 Å². The molecule has 1 aliphatic carbocycles. The van der Waals surface area contributed by atoms with Crippen molar-refractivity contribution in [2.24, 2.45) is 10.9 Å². The first kappa shape index (κ1) is 20.1. The van der Waals surface area contributed by atoms with Crippen molar-refractivity contribution in [3.8, 4) is 0 Å². The molecule has 0 saturated heterocycles. The second-order valence-electron chi connectivity index (χ2n) is 6.73. The average Bonchev–Trinajstić information content (AvgIpc) is 3.41. The SMILES string of the molecule is CN=C(NCCNC(=O)C1CC1)NCC(C)(C)Sc1ccc(Br)cc1. The van der Waals surface area contributed by atoms with E-state index >= 15 is 0 Å². The summed E-state index contributed by atoms with van der Waals surface area (Å²) < 4.78 is 1.11. The Labute approximate surface area is 163 Å². The van der Waals surface area contributed by atoms with Crippen LogP contribution in [0.5, 0.6) is 0 Å². The summed E-state index contributed by atoms with van der Waals surface area (Å²) in [4.78, 5) is 17.1. The number of nitrogens with one attached hydrogen (secondary N) is 3. The van der Waals surface area contributed by atoms with Gasteiger partial charge in [0.15, 0.2) is 5.96 Å². The molecule has 0 heterocycles. The van der Waals surface area contributed by atoms with Gasteiger partial charge in [-0.3, -0.25) is 9.79 Å². The summed E-state index contributed by atoms with van der Waals surface area (Å²) in [5.74, 6) is 1.19. The summed E-state index contributed by atoms with van der Waals surface area (Å²) in [6, 6.07) is 8.35. The molecule has 0 atom stereocenters. The van der Waals surface area contributed by atoms with E-state index in [4.69, 9.17) is 0 Å². The van der Waals surface area contributed by atoms with Gasteiger partial charge in [0.25, 0.3) is 0 Å². The molecule has 1 aromatic rings. The number of benzene rings is 1. The Morgan fingerprint density at radius 3 is 2.44 bits per heavy atom. The first-order valence-corrected chi connectivity index (χ1v) is 10.2. The van der Waals surface area contributed by atoms with Crippen molar-refractivity contribution in [2.45, 2.75) is 36.3 Å². The highest BCUT2D eigenvalue weighted by Gasteiger charge is 2.29. The smallest absolute Gasteiger partial charge is 0.223 e. The summed E-state index contributed by atoms with van der Waals surface area (Å²) in [5, 5.41) is 9.54. The van der Waals surface area contributed by atoms with Crippen LogP contribution in [0.1, 0.15) is 26.7 Å².